The summed E-state index contributed by atoms with van der Waals surface area (Å²) in [6.45, 7) is 10.4. The molecule has 21 heteroatoms. The van der Waals surface area contributed by atoms with Crippen LogP contribution in [0.5, 0.6) is 0 Å². The Bertz CT molecular complexity index is 2290. The van der Waals surface area contributed by atoms with Crippen molar-refractivity contribution in [3.05, 3.63) is 60.9 Å². The molecule has 13 atom stereocenters. The van der Waals surface area contributed by atoms with E-state index in [0.717, 1.165) is 0 Å². The Kier molecular flexibility index (Phi) is 24.3. The first kappa shape index (κ1) is 59.7. The zero-order chi connectivity index (χ0) is 53.8. The number of fused-ring (bicyclic) bond motifs is 8. The number of carbonyl (C=O) groups excluding carboxylic acids is 5. The average Bonchev–Trinajstić information content (AvgIpc) is 4.17. The molecule has 0 radical (unpaired) electrons. The largest absolute Gasteiger partial charge is 0.462 e. The van der Waals surface area contributed by atoms with Crippen LogP contribution in [0.2, 0.25) is 0 Å². The molecule has 404 valence electrons. The zero-order valence-corrected chi connectivity index (χ0v) is 44.0. The van der Waals surface area contributed by atoms with Gasteiger partial charge in [-0.1, -0.05) is 52.8 Å². The third kappa shape index (κ3) is 17.7. The molecule has 0 fully saturated rings. The number of hydrogen-bond acceptors (Lipinski definition) is 20. The molecule has 1 amide bonds. The van der Waals surface area contributed by atoms with E-state index >= 15 is 0 Å². The number of ether oxygens (including phenoxy) is 8. The van der Waals surface area contributed by atoms with Gasteiger partial charge < -0.3 is 61.2 Å². The molecule has 4 rings (SSSR count). The predicted octanol–water partition coefficient (Wildman–Crippen LogP) is 6.75. The van der Waals surface area contributed by atoms with Crippen LogP contribution >= 0.6 is 0 Å². The number of ketones is 1. The van der Waals surface area contributed by atoms with Crippen LogP contribution in [0.25, 0.3) is 29.2 Å². The number of oxazole rings is 3. The van der Waals surface area contributed by atoms with Crippen molar-refractivity contribution in [3.8, 4) is 23.2 Å². The van der Waals surface area contributed by atoms with Crippen molar-refractivity contribution in [2.45, 2.75) is 129 Å². The highest BCUT2D eigenvalue weighted by Gasteiger charge is 2.38. The Hall–Kier alpha value is -5.84. The fraction of sp³-hybridized carbons (Fsp3) is 0.615. The van der Waals surface area contributed by atoms with Crippen molar-refractivity contribution in [1.82, 2.24) is 19.9 Å². The average molecular weight is 1030 g/mol. The molecular formula is C52H74N4O17. The summed E-state index contributed by atoms with van der Waals surface area (Å²) < 4.78 is 63.6. The molecule has 73 heavy (non-hydrogen) atoms. The molecule has 3 aromatic heterocycles. The Morgan fingerprint density at radius 3 is 2.21 bits per heavy atom. The molecule has 3 aromatic rings. The number of methoxy groups -OCH3 is 5. The first-order chi connectivity index (χ1) is 34.9. The molecule has 6 bridgehead atoms. The second kappa shape index (κ2) is 29.8. The maximum absolute atomic E-state index is 13.7. The van der Waals surface area contributed by atoms with Gasteiger partial charge in [0.1, 0.15) is 48.9 Å². The van der Waals surface area contributed by atoms with E-state index < -0.39 is 90.4 Å². The van der Waals surface area contributed by atoms with Crippen molar-refractivity contribution in [2.75, 3.05) is 49.2 Å². The summed E-state index contributed by atoms with van der Waals surface area (Å²) in [4.78, 5) is 79.2. The van der Waals surface area contributed by atoms with Crippen LogP contribution in [0.3, 0.4) is 0 Å². The number of aliphatic hydroxyl groups is 1. The van der Waals surface area contributed by atoms with Crippen LogP contribution in [0.4, 0.5) is 0 Å². The lowest BCUT2D eigenvalue weighted by Crippen LogP contribution is -2.42. The summed E-state index contributed by atoms with van der Waals surface area (Å²) in [5, 5.41) is 11.0. The van der Waals surface area contributed by atoms with Gasteiger partial charge in [-0.15, -0.1) is 0 Å². The predicted molar refractivity (Wildman–Crippen MR) is 263 cm³/mol. The van der Waals surface area contributed by atoms with Gasteiger partial charge >= 0.3 is 17.9 Å². The number of esters is 3. The van der Waals surface area contributed by atoms with Crippen LogP contribution in [0.15, 0.2) is 62.5 Å². The van der Waals surface area contributed by atoms with Gasteiger partial charge in [0.05, 0.1) is 37.3 Å². The maximum atomic E-state index is 13.7. The molecular weight excluding hydrogens is 953 g/mol. The van der Waals surface area contributed by atoms with Crippen molar-refractivity contribution in [1.29, 1.82) is 0 Å². The van der Waals surface area contributed by atoms with Crippen LogP contribution in [0.1, 0.15) is 97.8 Å². The third-order valence-electron chi connectivity index (χ3n) is 13.1. The SMILES string of the molecule is COC[C@@H](OC)C(=O)O[C@H](CC[C@H](C)[C@H](C[C@@H]1OC(=O)C[C@@H](O)C/C=C/C(=O)[C@H](C)C(OC)c2coc(n2)-c2coc(n2)-c2coc(n2)/C=C/C[C@H](OC)[C@H]1C)OC)[C@H](C)[C@H](OC(C)=O)[C@H](C)/C=C/N(C)C=O. The second-order valence-electron chi connectivity index (χ2n) is 18.5. The van der Waals surface area contributed by atoms with Gasteiger partial charge in [-0.25, -0.2) is 19.7 Å². The number of rotatable bonds is 21. The van der Waals surface area contributed by atoms with E-state index in [0.29, 0.717) is 37.1 Å². The number of allylic oxidation sites excluding steroid dienone is 1. The lowest BCUT2D eigenvalue weighted by Gasteiger charge is -2.35. The molecule has 0 saturated heterocycles. The normalized spacial score (nSPS) is 24.1. The van der Waals surface area contributed by atoms with Crippen LogP contribution in [-0.4, -0.2) is 147 Å². The Morgan fingerprint density at radius 1 is 0.863 bits per heavy atom. The van der Waals surface area contributed by atoms with Crippen molar-refractivity contribution >= 4 is 36.2 Å². The second-order valence-corrected chi connectivity index (χ2v) is 18.5. The molecule has 1 unspecified atom stereocenters. The van der Waals surface area contributed by atoms with Gasteiger partial charge in [0, 0.05) is 79.9 Å². The lowest BCUT2D eigenvalue weighted by molar-refractivity contribution is -0.173. The minimum atomic E-state index is -1.19. The fourth-order valence-corrected chi connectivity index (χ4v) is 8.59. The summed E-state index contributed by atoms with van der Waals surface area (Å²) in [6.07, 6.45) is 8.87. The molecule has 1 aliphatic rings. The quantitative estimate of drug-likeness (QED) is 0.0657. The van der Waals surface area contributed by atoms with Crippen molar-refractivity contribution in [2.24, 2.45) is 29.6 Å². The number of aromatic nitrogens is 3. The molecule has 0 aromatic carbocycles. The summed E-state index contributed by atoms with van der Waals surface area (Å²) >= 11 is 0. The third-order valence-corrected chi connectivity index (χ3v) is 13.1. The highest BCUT2D eigenvalue weighted by molar-refractivity contribution is 5.92. The highest BCUT2D eigenvalue weighted by Crippen LogP contribution is 2.33. The maximum Gasteiger partial charge on any atom is 0.337 e. The molecule has 1 aliphatic heterocycles. The summed E-state index contributed by atoms with van der Waals surface area (Å²) in [6, 6.07) is 0. The lowest BCUT2D eigenvalue weighted by atomic mass is 9.83. The van der Waals surface area contributed by atoms with E-state index in [9.17, 15) is 29.1 Å². The molecule has 4 heterocycles. The van der Waals surface area contributed by atoms with Crippen LogP contribution in [0, 0.1) is 29.6 Å². The standard InChI is InChI=1S/C52H74N4O17/c1-30(19-20-42(73-52(62)45(66-11)28-63-8)34(5)48(71-35(6)58)31(2)21-22-56(7)29-57)43(65-10)24-44-33(4)41(64-9)17-14-18-46-53-38(26-68-46)50-55-39(27-70-50)51-54-37(25-69-51)49(67-12)32(3)40(60)16-13-15-36(59)23-47(61)72-44/h13-14,16,18,21-22,25-27,29-34,36,41-45,48-49,59H,15,17,19-20,23-24,28H2,1-12H3/b16-13+,18-14+,22-21+/t30-,31+,32-,33+,34-,36-,41-,42+,43-,44-,45+,48+,49?/m0/s1. The highest BCUT2D eigenvalue weighted by atomic mass is 16.6. The van der Waals surface area contributed by atoms with E-state index in [1.165, 1.54) is 64.1 Å². The molecule has 1 N–H and O–H groups in total. The van der Waals surface area contributed by atoms with Gasteiger partial charge in [-0.05, 0) is 43.8 Å². The molecule has 0 spiro atoms. The Balaban J connectivity index is 1.63. The first-order valence-corrected chi connectivity index (χ1v) is 24.3. The number of aliphatic hydroxyl groups excluding tert-OH is 1. The van der Waals surface area contributed by atoms with Gasteiger partial charge in [-0.2, -0.15) is 0 Å². The number of amides is 1. The smallest absolute Gasteiger partial charge is 0.337 e. The minimum absolute atomic E-state index is 0.0242. The van der Waals surface area contributed by atoms with E-state index in [1.807, 2.05) is 33.8 Å². The number of carbonyl (C=O) groups is 5. The monoisotopic (exact) mass is 1030 g/mol. The topological polar surface area (TPSA) is 261 Å². The van der Waals surface area contributed by atoms with Gasteiger partial charge in [0.2, 0.25) is 24.1 Å². The number of nitrogens with zero attached hydrogens (tertiary/aromatic N) is 4. The number of cyclic esters (lactones) is 1. The Labute approximate surface area is 426 Å². The minimum Gasteiger partial charge on any atom is -0.462 e. The fourth-order valence-electron chi connectivity index (χ4n) is 8.59. The summed E-state index contributed by atoms with van der Waals surface area (Å²) in [7, 11) is 8.95. The van der Waals surface area contributed by atoms with Crippen molar-refractivity contribution < 1.29 is 80.2 Å². The van der Waals surface area contributed by atoms with Crippen molar-refractivity contribution in [3.63, 3.8) is 0 Å². The van der Waals surface area contributed by atoms with E-state index in [4.69, 9.17) is 51.1 Å². The number of hydrogen-bond donors (Lipinski definition) is 1. The molecule has 0 aliphatic carbocycles. The first-order valence-electron chi connectivity index (χ1n) is 24.3. The molecule has 21 nitrogen and oxygen atoms in total. The Morgan fingerprint density at radius 2 is 1.55 bits per heavy atom. The van der Waals surface area contributed by atoms with Gasteiger partial charge in [-0.3, -0.25) is 19.2 Å². The van der Waals surface area contributed by atoms with E-state index in [-0.39, 0.29) is 60.9 Å². The van der Waals surface area contributed by atoms with E-state index in [2.05, 4.69) is 15.0 Å². The van der Waals surface area contributed by atoms with Crippen LogP contribution < -0.4 is 0 Å². The van der Waals surface area contributed by atoms with Gasteiger partial charge in [0.15, 0.2) is 23.3 Å². The summed E-state index contributed by atoms with van der Waals surface area (Å²) in [5.41, 5.74) is 0.950. The molecule has 0 saturated carbocycles. The summed E-state index contributed by atoms with van der Waals surface area (Å²) in [5.74, 6) is -3.99. The van der Waals surface area contributed by atoms with Crippen LogP contribution in [-0.2, 0) is 61.9 Å². The van der Waals surface area contributed by atoms with Gasteiger partial charge in [0.25, 0.3) is 0 Å². The zero-order valence-electron chi connectivity index (χ0n) is 44.0. The van der Waals surface area contributed by atoms with E-state index in [1.54, 1.807) is 46.5 Å².